The van der Waals surface area contributed by atoms with Gasteiger partial charge in [-0.2, -0.15) is 0 Å². The molecule has 1 atom stereocenters. The first kappa shape index (κ1) is 15.6. The first-order valence-corrected chi connectivity index (χ1v) is 7.69. The smallest absolute Gasteiger partial charge is 0.227 e. The largest absolute Gasteiger partial charge is 0.396 e. The van der Waals surface area contributed by atoms with Gasteiger partial charge in [-0.05, 0) is 42.9 Å². The van der Waals surface area contributed by atoms with E-state index in [2.05, 4.69) is 0 Å². The molecule has 5 heteroatoms. The molecule has 0 aliphatic carbocycles. The molecule has 2 rings (SSSR count). The number of halogens is 2. The molecule has 0 aromatic heterocycles. The maximum absolute atomic E-state index is 12.4. The molecule has 0 radical (unpaired) electrons. The molecule has 0 spiro atoms. The zero-order chi connectivity index (χ0) is 14.5. The van der Waals surface area contributed by atoms with Crippen LogP contribution in [-0.4, -0.2) is 35.6 Å². The predicted octanol–water partition coefficient (Wildman–Crippen LogP) is 3.16. The fourth-order valence-corrected chi connectivity index (χ4v) is 3.21. The summed E-state index contributed by atoms with van der Waals surface area (Å²) in [6.45, 7) is 1.69. The Morgan fingerprint density at radius 3 is 2.70 bits per heavy atom. The van der Waals surface area contributed by atoms with Gasteiger partial charge in [0.05, 0.1) is 6.42 Å². The van der Waals surface area contributed by atoms with E-state index in [1.807, 2.05) is 4.90 Å². The van der Waals surface area contributed by atoms with Crippen molar-refractivity contribution in [3.8, 4) is 0 Å². The minimum absolute atomic E-state index is 0.0580. The van der Waals surface area contributed by atoms with E-state index in [1.54, 1.807) is 18.2 Å². The summed E-state index contributed by atoms with van der Waals surface area (Å²) >= 11 is 12.2. The first-order chi connectivity index (χ1) is 9.61. The van der Waals surface area contributed by atoms with Crippen LogP contribution in [0.1, 0.15) is 24.8 Å². The predicted molar refractivity (Wildman–Crippen MR) is 81.2 cm³/mol. The number of piperidine rings is 1. The van der Waals surface area contributed by atoms with Crippen molar-refractivity contribution in [2.75, 3.05) is 19.7 Å². The van der Waals surface area contributed by atoms with Gasteiger partial charge in [0, 0.05) is 29.7 Å². The molecule has 0 saturated carbocycles. The molecule has 110 valence electrons. The second-order valence-corrected chi connectivity index (χ2v) is 6.05. The number of hydrogen-bond donors (Lipinski definition) is 1. The van der Waals surface area contributed by atoms with E-state index in [4.69, 9.17) is 28.3 Å². The molecule has 1 N–H and O–H groups in total. The average molecular weight is 316 g/mol. The number of rotatable bonds is 4. The van der Waals surface area contributed by atoms with Crippen LogP contribution in [0, 0.1) is 5.92 Å². The summed E-state index contributed by atoms with van der Waals surface area (Å²) in [5.74, 6) is 0.460. The maximum Gasteiger partial charge on any atom is 0.227 e. The summed E-state index contributed by atoms with van der Waals surface area (Å²) in [6.07, 6.45) is 3.07. The van der Waals surface area contributed by atoms with Crippen LogP contribution in [0.3, 0.4) is 0 Å². The Balaban J connectivity index is 2.01. The minimum atomic E-state index is 0.0580. The number of aliphatic hydroxyl groups excluding tert-OH is 1. The molecule has 1 aliphatic heterocycles. The molecule has 1 amide bonds. The Labute approximate surface area is 129 Å². The van der Waals surface area contributed by atoms with Crippen LogP contribution in [0.25, 0.3) is 0 Å². The van der Waals surface area contributed by atoms with Gasteiger partial charge in [-0.3, -0.25) is 4.79 Å². The molecule has 1 aromatic carbocycles. The van der Waals surface area contributed by atoms with Crippen LogP contribution in [0.5, 0.6) is 0 Å². The molecule has 1 aromatic rings. The molecule has 1 saturated heterocycles. The topological polar surface area (TPSA) is 40.5 Å². The summed E-state index contributed by atoms with van der Waals surface area (Å²) in [6, 6.07) is 5.28. The quantitative estimate of drug-likeness (QED) is 0.927. The number of carbonyl (C=O) groups excluding carboxylic acids is 1. The fraction of sp³-hybridized carbons (Fsp3) is 0.533. The summed E-state index contributed by atoms with van der Waals surface area (Å²) in [4.78, 5) is 14.2. The highest BCUT2D eigenvalue weighted by Gasteiger charge is 2.24. The minimum Gasteiger partial charge on any atom is -0.396 e. The van der Waals surface area contributed by atoms with Gasteiger partial charge < -0.3 is 10.0 Å². The normalized spacial score (nSPS) is 19.1. The lowest BCUT2D eigenvalue weighted by atomic mass is 9.94. The lowest BCUT2D eigenvalue weighted by Crippen LogP contribution is -2.41. The van der Waals surface area contributed by atoms with Gasteiger partial charge in [-0.25, -0.2) is 0 Å². The zero-order valence-electron chi connectivity index (χ0n) is 11.3. The highest BCUT2D eigenvalue weighted by Crippen LogP contribution is 2.26. The van der Waals surface area contributed by atoms with E-state index in [9.17, 15) is 4.79 Å². The Hall–Kier alpha value is -0.770. The van der Waals surface area contributed by atoms with Gasteiger partial charge in [0.15, 0.2) is 0 Å². The summed E-state index contributed by atoms with van der Waals surface area (Å²) < 4.78 is 0. The van der Waals surface area contributed by atoms with Gasteiger partial charge in [-0.1, -0.05) is 29.3 Å². The standard InChI is InChI=1S/C15H19Cl2NO2/c16-13-4-1-5-14(17)12(13)9-15(20)18-7-2-3-11(10-18)6-8-19/h1,4-5,11,19H,2-3,6-10H2. The van der Waals surface area contributed by atoms with Gasteiger partial charge >= 0.3 is 0 Å². The first-order valence-electron chi connectivity index (χ1n) is 6.93. The van der Waals surface area contributed by atoms with E-state index in [0.717, 1.165) is 32.4 Å². The van der Waals surface area contributed by atoms with Crippen molar-refractivity contribution >= 4 is 29.1 Å². The average Bonchev–Trinajstić information content (AvgIpc) is 2.43. The summed E-state index contributed by atoms with van der Waals surface area (Å²) in [5.41, 5.74) is 0.699. The second kappa shape index (κ2) is 7.30. The van der Waals surface area contributed by atoms with Crippen LogP contribution < -0.4 is 0 Å². The van der Waals surface area contributed by atoms with Crippen LogP contribution >= 0.6 is 23.2 Å². The van der Waals surface area contributed by atoms with E-state index in [0.29, 0.717) is 21.5 Å². The van der Waals surface area contributed by atoms with Crippen molar-refractivity contribution in [1.82, 2.24) is 4.90 Å². The van der Waals surface area contributed by atoms with Crippen molar-refractivity contribution in [2.24, 2.45) is 5.92 Å². The SMILES string of the molecule is O=C(Cc1c(Cl)cccc1Cl)N1CCCC(CCO)C1. The van der Waals surface area contributed by atoms with Gasteiger partial charge in [0.1, 0.15) is 0 Å². The molecular formula is C15H19Cl2NO2. The Morgan fingerprint density at radius 1 is 1.35 bits per heavy atom. The number of nitrogens with zero attached hydrogens (tertiary/aromatic N) is 1. The zero-order valence-corrected chi connectivity index (χ0v) is 12.8. The van der Waals surface area contributed by atoms with Crippen LogP contribution in [0.15, 0.2) is 18.2 Å². The number of likely N-dealkylation sites (tertiary alicyclic amines) is 1. The third-order valence-corrected chi connectivity index (χ3v) is 4.51. The summed E-state index contributed by atoms with van der Waals surface area (Å²) in [5, 5.41) is 10.1. The molecule has 3 nitrogen and oxygen atoms in total. The van der Waals surface area contributed by atoms with Gasteiger partial charge in [0.2, 0.25) is 5.91 Å². The third kappa shape index (κ3) is 3.87. The highest BCUT2D eigenvalue weighted by atomic mass is 35.5. The van der Waals surface area contributed by atoms with E-state index in [-0.39, 0.29) is 18.9 Å². The molecule has 1 unspecified atom stereocenters. The van der Waals surface area contributed by atoms with Crippen LogP contribution in [0.2, 0.25) is 10.0 Å². The number of amides is 1. The Kier molecular flexibility index (Phi) is 5.70. The monoisotopic (exact) mass is 315 g/mol. The van der Waals surface area contributed by atoms with E-state index in [1.165, 1.54) is 0 Å². The lowest BCUT2D eigenvalue weighted by Gasteiger charge is -2.32. The Bertz CT molecular complexity index is 457. The van der Waals surface area contributed by atoms with Gasteiger partial charge in [-0.15, -0.1) is 0 Å². The van der Waals surface area contributed by atoms with Crippen molar-refractivity contribution < 1.29 is 9.90 Å². The molecule has 20 heavy (non-hydrogen) atoms. The van der Waals surface area contributed by atoms with E-state index >= 15 is 0 Å². The number of carbonyl (C=O) groups is 1. The fourth-order valence-electron chi connectivity index (χ4n) is 2.67. The number of benzene rings is 1. The van der Waals surface area contributed by atoms with Crippen molar-refractivity contribution in [3.05, 3.63) is 33.8 Å². The highest BCUT2D eigenvalue weighted by molar-refractivity contribution is 6.36. The molecule has 1 fully saturated rings. The van der Waals surface area contributed by atoms with E-state index < -0.39 is 0 Å². The van der Waals surface area contributed by atoms with Crippen molar-refractivity contribution in [1.29, 1.82) is 0 Å². The molecular weight excluding hydrogens is 297 g/mol. The van der Waals surface area contributed by atoms with Gasteiger partial charge in [0.25, 0.3) is 0 Å². The summed E-state index contributed by atoms with van der Waals surface area (Å²) in [7, 11) is 0. The second-order valence-electron chi connectivity index (χ2n) is 5.24. The molecule has 1 heterocycles. The van der Waals surface area contributed by atoms with Crippen molar-refractivity contribution in [2.45, 2.75) is 25.7 Å². The lowest BCUT2D eigenvalue weighted by molar-refractivity contribution is -0.132. The van der Waals surface area contributed by atoms with Crippen molar-refractivity contribution in [3.63, 3.8) is 0 Å². The third-order valence-electron chi connectivity index (χ3n) is 3.80. The number of aliphatic hydroxyl groups is 1. The van der Waals surface area contributed by atoms with Crippen LogP contribution in [0.4, 0.5) is 0 Å². The molecule has 0 bridgehead atoms. The van der Waals surface area contributed by atoms with Crippen LogP contribution in [-0.2, 0) is 11.2 Å². The molecule has 1 aliphatic rings. The Morgan fingerprint density at radius 2 is 2.05 bits per heavy atom. The number of hydrogen-bond acceptors (Lipinski definition) is 2. The maximum atomic E-state index is 12.4.